The van der Waals surface area contributed by atoms with Crippen molar-refractivity contribution in [1.82, 2.24) is 10.2 Å². The molecule has 3 rings (SSSR count). The fourth-order valence-electron chi connectivity index (χ4n) is 3.88. The summed E-state index contributed by atoms with van der Waals surface area (Å²) in [6.07, 6.45) is 0.322. The van der Waals surface area contributed by atoms with E-state index in [0.717, 1.165) is 9.87 Å². The molecule has 0 saturated heterocycles. The Kier molecular flexibility index (Phi) is 9.59. The first-order valence-electron chi connectivity index (χ1n) is 11.7. The van der Waals surface area contributed by atoms with E-state index in [1.165, 1.54) is 24.1 Å². The number of carbonyl (C=O) groups excluding carboxylic acids is 2. The molecule has 0 spiro atoms. The van der Waals surface area contributed by atoms with Crippen LogP contribution in [-0.4, -0.2) is 44.8 Å². The van der Waals surface area contributed by atoms with Gasteiger partial charge in [-0.25, -0.2) is 8.42 Å². The van der Waals surface area contributed by atoms with Crippen LogP contribution in [0.25, 0.3) is 0 Å². The molecule has 196 valence electrons. The van der Waals surface area contributed by atoms with Gasteiger partial charge < -0.3 is 10.2 Å². The molecule has 3 aromatic rings. The first kappa shape index (κ1) is 28.5. The lowest BCUT2D eigenvalue weighted by atomic mass is 10.1. The smallest absolute Gasteiger partial charge is 0.264 e. The normalized spacial score (nSPS) is 12.0. The van der Waals surface area contributed by atoms with Crippen molar-refractivity contribution >= 4 is 50.7 Å². The van der Waals surface area contributed by atoms with E-state index in [-0.39, 0.29) is 17.3 Å². The number of nitrogens with zero attached hydrogens (tertiary/aromatic N) is 2. The van der Waals surface area contributed by atoms with Gasteiger partial charge in [-0.3, -0.25) is 13.9 Å². The molecule has 0 aliphatic rings. The highest BCUT2D eigenvalue weighted by Crippen LogP contribution is 2.27. The molecule has 1 atom stereocenters. The molecule has 0 bridgehead atoms. The molecule has 37 heavy (non-hydrogen) atoms. The fraction of sp³-hybridized carbons (Fsp3) is 0.259. The number of carbonyl (C=O) groups is 2. The SMILES string of the molecule is CCC(C(=O)NC)N(Cc1ccc(Cl)c(Cl)c1)C(=O)CN(c1ccc(C)cc1)S(=O)(=O)c1ccccc1. The third-order valence-electron chi connectivity index (χ3n) is 5.90. The van der Waals surface area contributed by atoms with E-state index in [2.05, 4.69) is 5.32 Å². The van der Waals surface area contributed by atoms with Gasteiger partial charge in [0.1, 0.15) is 12.6 Å². The molecular formula is C27H29Cl2N3O4S. The van der Waals surface area contributed by atoms with Crippen LogP contribution in [0.1, 0.15) is 24.5 Å². The highest BCUT2D eigenvalue weighted by atomic mass is 35.5. The minimum Gasteiger partial charge on any atom is -0.357 e. The largest absolute Gasteiger partial charge is 0.357 e. The van der Waals surface area contributed by atoms with Crippen LogP contribution in [-0.2, 0) is 26.2 Å². The number of likely N-dealkylation sites (N-methyl/N-ethyl adjacent to an activating group) is 1. The monoisotopic (exact) mass is 561 g/mol. The third-order valence-corrected chi connectivity index (χ3v) is 8.43. The Morgan fingerprint density at radius 2 is 1.59 bits per heavy atom. The van der Waals surface area contributed by atoms with Crippen LogP contribution in [0.4, 0.5) is 5.69 Å². The van der Waals surface area contributed by atoms with Crippen molar-refractivity contribution in [2.75, 3.05) is 17.9 Å². The molecule has 0 heterocycles. The second-order valence-corrected chi connectivity index (χ2v) is 11.1. The summed E-state index contributed by atoms with van der Waals surface area (Å²) in [4.78, 5) is 28.0. The molecule has 0 aliphatic carbocycles. The van der Waals surface area contributed by atoms with Crippen LogP contribution in [0.15, 0.2) is 77.7 Å². The van der Waals surface area contributed by atoms with E-state index in [0.29, 0.717) is 27.7 Å². The molecule has 0 aromatic heterocycles. The molecule has 0 aliphatic heterocycles. The summed E-state index contributed by atoms with van der Waals surface area (Å²) in [5, 5.41) is 3.27. The van der Waals surface area contributed by atoms with Crippen molar-refractivity contribution in [3.05, 3.63) is 94.0 Å². The minimum absolute atomic E-state index is 0.0365. The maximum absolute atomic E-state index is 13.8. The quantitative estimate of drug-likeness (QED) is 0.375. The Balaban J connectivity index is 2.05. The zero-order valence-corrected chi connectivity index (χ0v) is 23.1. The Morgan fingerprint density at radius 1 is 0.946 bits per heavy atom. The molecule has 3 aromatic carbocycles. The Hall–Kier alpha value is -3.07. The van der Waals surface area contributed by atoms with Crippen molar-refractivity contribution in [2.45, 2.75) is 37.8 Å². The number of hydrogen-bond acceptors (Lipinski definition) is 4. The van der Waals surface area contributed by atoms with Gasteiger partial charge >= 0.3 is 0 Å². The van der Waals surface area contributed by atoms with Gasteiger partial charge in [-0.2, -0.15) is 0 Å². The average Bonchev–Trinajstić information content (AvgIpc) is 2.89. The van der Waals surface area contributed by atoms with Crippen LogP contribution in [0.2, 0.25) is 10.0 Å². The van der Waals surface area contributed by atoms with E-state index in [4.69, 9.17) is 23.2 Å². The average molecular weight is 563 g/mol. The van der Waals surface area contributed by atoms with Crippen molar-refractivity contribution in [3.63, 3.8) is 0 Å². The summed E-state index contributed by atoms with van der Waals surface area (Å²) in [5.74, 6) is -0.898. The lowest BCUT2D eigenvalue weighted by molar-refractivity contribution is -0.140. The number of sulfonamides is 1. The first-order valence-corrected chi connectivity index (χ1v) is 13.9. The number of benzene rings is 3. The van der Waals surface area contributed by atoms with Crippen molar-refractivity contribution in [3.8, 4) is 0 Å². The minimum atomic E-state index is -4.09. The Morgan fingerprint density at radius 3 is 2.16 bits per heavy atom. The molecule has 0 fully saturated rings. The van der Waals surface area contributed by atoms with Gasteiger partial charge in [0.15, 0.2) is 0 Å². The predicted molar refractivity (Wildman–Crippen MR) is 147 cm³/mol. The van der Waals surface area contributed by atoms with E-state index in [1.807, 2.05) is 6.92 Å². The summed E-state index contributed by atoms with van der Waals surface area (Å²) in [6.45, 7) is 3.20. The highest BCUT2D eigenvalue weighted by molar-refractivity contribution is 7.92. The third kappa shape index (κ3) is 6.83. The Bertz CT molecular complexity index is 1350. The second-order valence-electron chi connectivity index (χ2n) is 8.47. The first-order chi connectivity index (χ1) is 17.6. The predicted octanol–water partition coefficient (Wildman–Crippen LogP) is 5.05. The number of anilines is 1. The molecule has 1 N–H and O–H groups in total. The number of nitrogens with one attached hydrogen (secondary N) is 1. The van der Waals surface area contributed by atoms with Crippen molar-refractivity contribution in [1.29, 1.82) is 0 Å². The number of halogens is 2. The van der Waals surface area contributed by atoms with Crippen molar-refractivity contribution < 1.29 is 18.0 Å². The van der Waals surface area contributed by atoms with Crippen LogP contribution < -0.4 is 9.62 Å². The molecule has 0 saturated carbocycles. The molecular weight excluding hydrogens is 533 g/mol. The second kappa shape index (κ2) is 12.4. The van der Waals surface area contributed by atoms with Crippen LogP contribution in [0.5, 0.6) is 0 Å². The summed E-state index contributed by atoms with van der Waals surface area (Å²) >= 11 is 12.2. The van der Waals surface area contributed by atoms with Gasteiger partial charge in [0.2, 0.25) is 11.8 Å². The summed E-state index contributed by atoms with van der Waals surface area (Å²) < 4.78 is 28.5. The van der Waals surface area contributed by atoms with Gasteiger partial charge in [0, 0.05) is 13.6 Å². The van der Waals surface area contributed by atoms with Crippen LogP contribution in [0.3, 0.4) is 0 Å². The summed E-state index contributed by atoms with van der Waals surface area (Å²) in [7, 11) is -2.60. The van der Waals surface area contributed by atoms with E-state index < -0.39 is 28.5 Å². The van der Waals surface area contributed by atoms with Gasteiger partial charge in [0.25, 0.3) is 10.0 Å². The lowest BCUT2D eigenvalue weighted by Gasteiger charge is -2.33. The number of rotatable bonds is 10. The lowest BCUT2D eigenvalue weighted by Crippen LogP contribution is -2.51. The molecule has 10 heteroatoms. The number of aryl methyl sites for hydroxylation is 1. The van der Waals surface area contributed by atoms with Crippen LogP contribution >= 0.6 is 23.2 Å². The standard InChI is InChI=1S/C27H29Cl2N3O4S/c1-4-25(27(34)30-3)31(17-20-12-15-23(28)24(29)16-20)26(33)18-32(21-13-10-19(2)11-14-21)37(35,36)22-8-6-5-7-9-22/h5-16,25H,4,17-18H2,1-3H3,(H,30,34). The zero-order chi connectivity index (χ0) is 27.2. The van der Waals surface area contributed by atoms with Gasteiger partial charge in [0.05, 0.1) is 20.6 Å². The van der Waals surface area contributed by atoms with E-state index >= 15 is 0 Å². The van der Waals surface area contributed by atoms with Crippen LogP contribution in [0, 0.1) is 6.92 Å². The topological polar surface area (TPSA) is 86.8 Å². The number of amides is 2. The zero-order valence-electron chi connectivity index (χ0n) is 20.8. The fourth-order valence-corrected chi connectivity index (χ4v) is 5.64. The molecule has 0 radical (unpaired) electrons. The van der Waals surface area contributed by atoms with E-state index in [9.17, 15) is 18.0 Å². The van der Waals surface area contributed by atoms with Gasteiger partial charge in [-0.05, 0) is 55.3 Å². The van der Waals surface area contributed by atoms with Gasteiger partial charge in [-0.1, -0.05) is 72.1 Å². The number of hydrogen-bond donors (Lipinski definition) is 1. The van der Waals surface area contributed by atoms with E-state index in [1.54, 1.807) is 67.6 Å². The summed E-state index contributed by atoms with van der Waals surface area (Å²) in [5.41, 5.74) is 1.93. The molecule has 1 unspecified atom stereocenters. The summed E-state index contributed by atoms with van der Waals surface area (Å²) in [6, 6.07) is 18.9. The highest BCUT2D eigenvalue weighted by Gasteiger charge is 2.33. The Labute approximate surface area is 228 Å². The maximum atomic E-state index is 13.8. The molecule has 2 amide bonds. The van der Waals surface area contributed by atoms with Crippen molar-refractivity contribution in [2.24, 2.45) is 0 Å². The molecule has 7 nitrogen and oxygen atoms in total. The maximum Gasteiger partial charge on any atom is 0.264 e. The van der Waals surface area contributed by atoms with Gasteiger partial charge in [-0.15, -0.1) is 0 Å².